The maximum Gasteiger partial charge on any atom is 0.322 e. The molecule has 1 fully saturated rings. The topological polar surface area (TPSA) is 32.3 Å². The summed E-state index contributed by atoms with van der Waals surface area (Å²) in [6, 6.07) is 6.52. The first-order chi connectivity index (χ1) is 9.49. The van der Waals surface area contributed by atoms with Crippen LogP contribution in [0.15, 0.2) is 18.2 Å². The van der Waals surface area contributed by atoms with Gasteiger partial charge in [0.05, 0.1) is 5.69 Å². The first-order valence-electron chi connectivity index (χ1n) is 7.65. The lowest BCUT2D eigenvalue weighted by atomic mass is 9.93. The zero-order valence-electron chi connectivity index (χ0n) is 13.1. The number of urea groups is 1. The number of carbonyl (C=O) groups is 1. The van der Waals surface area contributed by atoms with Crippen LogP contribution < -0.4 is 10.2 Å². The molecule has 0 saturated carbocycles. The molecule has 20 heavy (non-hydrogen) atoms. The average molecular weight is 274 g/mol. The standard InChI is InChI=1S/C17H26N2O/c1-12(2)10-14-6-5-7-15(11-13(3)4)16(14)19-9-8-18-17(19)20/h5-7,12-13H,8-11H2,1-4H3,(H,18,20). The summed E-state index contributed by atoms with van der Waals surface area (Å²) < 4.78 is 0. The van der Waals surface area contributed by atoms with Crippen molar-refractivity contribution in [3.8, 4) is 0 Å². The Bertz CT molecular complexity index is 452. The van der Waals surface area contributed by atoms with Gasteiger partial charge in [-0.2, -0.15) is 0 Å². The largest absolute Gasteiger partial charge is 0.336 e. The second kappa shape index (κ2) is 6.29. The van der Waals surface area contributed by atoms with Crippen LogP contribution in [0, 0.1) is 11.8 Å². The smallest absolute Gasteiger partial charge is 0.322 e. The Morgan fingerprint density at radius 1 is 1.10 bits per heavy atom. The lowest BCUT2D eigenvalue weighted by Gasteiger charge is -2.24. The van der Waals surface area contributed by atoms with Crippen LogP contribution in [0.1, 0.15) is 38.8 Å². The Labute approximate surface area is 122 Å². The van der Waals surface area contributed by atoms with E-state index < -0.39 is 0 Å². The van der Waals surface area contributed by atoms with Crippen molar-refractivity contribution in [2.24, 2.45) is 11.8 Å². The summed E-state index contributed by atoms with van der Waals surface area (Å²) in [5.41, 5.74) is 3.76. The zero-order valence-corrected chi connectivity index (χ0v) is 13.1. The van der Waals surface area contributed by atoms with E-state index in [4.69, 9.17) is 0 Å². The molecule has 0 unspecified atom stereocenters. The van der Waals surface area contributed by atoms with E-state index in [2.05, 4.69) is 51.2 Å². The molecule has 1 N–H and O–H groups in total. The molecule has 0 bridgehead atoms. The minimum absolute atomic E-state index is 0.0474. The molecule has 0 atom stereocenters. The molecule has 110 valence electrons. The highest BCUT2D eigenvalue weighted by Gasteiger charge is 2.26. The van der Waals surface area contributed by atoms with Gasteiger partial charge in [0.1, 0.15) is 0 Å². The van der Waals surface area contributed by atoms with Gasteiger partial charge in [-0.05, 0) is 35.8 Å². The lowest BCUT2D eigenvalue weighted by Crippen LogP contribution is -2.30. The summed E-state index contributed by atoms with van der Waals surface area (Å²) in [4.78, 5) is 14.0. The maximum absolute atomic E-state index is 12.1. The van der Waals surface area contributed by atoms with E-state index in [0.717, 1.165) is 31.6 Å². The number of para-hydroxylation sites is 1. The minimum atomic E-state index is 0.0474. The van der Waals surface area contributed by atoms with Crippen molar-refractivity contribution in [2.75, 3.05) is 18.0 Å². The highest BCUT2D eigenvalue weighted by molar-refractivity contribution is 5.95. The Hall–Kier alpha value is -1.51. The second-order valence-corrected chi connectivity index (χ2v) is 6.50. The highest BCUT2D eigenvalue weighted by Crippen LogP contribution is 2.30. The Morgan fingerprint density at radius 3 is 2.05 bits per heavy atom. The van der Waals surface area contributed by atoms with E-state index in [9.17, 15) is 4.79 Å². The number of amides is 2. The molecule has 0 radical (unpaired) electrons. The number of nitrogens with zero attached hydrogens (tertiary/aromatic N) is 1. The van der Waals surface area contributed by atoms with Gasteiger partial charge in [0.15, 0.2) is 0 Å². The SMILES string of the molecule is CC(C)Cc1cccc(CC(C)C)c1N1CCNC1=O. The third-order valence-electron chi connectivity index (χ3n) is 3.59. The van der Waals surface area contributed by atoms with Gasteiger partial charge < -0.3 is 5.32 Å². The molecule has 1 aliphatic rings. The molecule has 2 rings (SSSR count). The summed E-state index contributed by atoms with van der Waals surface area (Å²) >= 11 is 0. The summed E-state index contributed by atoms with van der Waals surface area (Å²) in [6.07, 6.45) is 2.04. The molecule has 0 aromatic heterocycles. The van der Waals surface area contributed by atoms with Crippen LogP contribution in [-0.4, -0.2) is 19.1 Å². The van der Waals surface area contributed by atoms with Crippen LogP contribution >= 0.6 is 0 Å². The number of carbonyl (C=O) groups excluding carboxylic acids is 1. The Morgan fingerprint density at radius 2 is 1.65 bits per heavy atom. The highest BCUT2D eigenvalue weighted by atomic mass is 16.2. The summed E-state index contributed by atoms with van der Waals surface area (Å²) in [5.74, 6) is 1.18. The number of rotatable bonds is 5. The van der Waals surface area contributed by atoms with Gasteiger partial charge in [-0.15, -0.1) is 0 Å². The molecule has 1 aliphatic heterocycles. The summed E-state index contributed by atoms with van der Waals surface area (Å²) in [6.45, 7) is 10.4. The van der Waals surface area contributed by atoms with Crippen LogP contribution in [0.5, 0.6) is 0 Å². The predicted molar refractivity (Wildman–Crippen MR) is 84.3 cm³/mol. The van der Waals surface area contributed by atoms with Gasteiger partial charge >= 0.3 is 6.03 Å². The molecule has 1 saturated heterocycles. The predicted octanol–water partition coefficient (Wildman–Crippen LogP) is 3.61. The summed E-state index contributed by atoms with van der Waals surface area (Å²) in [5, 5.41) is 2.92. The normalized spacial score (nSPS) is 15.3. The molecule has 0 spiro atoms. The van der Waals surface area contributed by atoms with Crippen molar-refractivity contribution in [2.45, 2.75) is 40.5 Å². The van der Waals surface area contributed by atoms with Crippen molar-refractivity contribution in [3.63, 3.8) is 0 Å². The van der Waals surface area contributed by atoms with E-state index in [0.29, 0.717) is 11.8 Å². The van der Waals surface area contributed by atoms with Gasteiger partial charge in [-0.3, -0.25) is 4.90 Å². The zero-order chi connectivity index (χ0) is 14.7. The van der Waals surface area contributed by atoms with Crippen LogP contribution in [0.3, 0.4) is 0 Å². The van der Waals surface area contributed by atoms with E-state index in [1.54, 1.807) is 0 Å². The molecule has 3 nitrogen and oxygen atoms in total. The third kappa shape index (κ3) is 3.33. The van der Waals surface area contributed by atoms with E-state index in [1.807, 2.05) is 4.90 Å². The Kier molecular flexibility index (Phi) is 4.69. The number of benzene rings is 1. The fourth-order valence-electron chi connectivity index (χ4n) is 2.89. The minimum Gasteiger partial charge on any atom is -0.336 e. The van der Waals surface area contributed by atoms with Crippen molar-refractivity contribution in [3.05, 3.63) is 29.3 Å². The first-order valence-corrected chi connectivity index (χ1v) is 7.65. The second-order valence-electron chi connectivity index (χ2n) is 6.50. The number of anilines is 1. The summed E-state index contributed by atoms with van der Waals surface area (Å²) in [7, 11) is 0. The Balaban J connectivity index is 2.43. The van der Waals surface area contributed by atoms with Crippen molar-refractivity contribution in [1.82, 2.24) is 5.32 Å². The van der Waals surface area contributed by atoms with Gasteiger partial charge in [0, 0.05) is 13.1 Å². The van der Waals surface area contributed by atoms with Gasteiger partial charge in [0.2, 0.25) is 0 Å². The van der Waals surface area contributed by atoms with Crippen molar-refractivity contribution in [1.29, 1.82) is 0 Å². The number of hydrogen-bond donors (Lipinski definition) is 1. The fraction of sp³-hybridized carbons (Fsp3) is 0.588. The molecule has 1 heterocycles. The lowest BCUT2D eigenvalue weighted by molar-refractivity contribution is 0.252. The van der Waals surface area contributed by atoms with E-state index in [1.165, 1.54) is 11.1 Å². The molecule has 2 amide bonds. The van der Waals surface area contributed by atoms with Crippen molar-refractivity contribution >= 4 is 11.7 Å². The maximum atomic E-state index is 12.1. The van der Waals surface area contributed by atoms with Crippen molar-refractivity contribution < 1.29 is 4.79 Å². The van der Waals surface area contributed by atoms with E-state index >= 15 is 0 Å². The number of nitrogens with one attached hydrogen (secondary N) is 1. The number of hydrogen-bond acceptors (Lipinski definition) is 1. The molecule has 0 aliphatic carbocycles. The fourth-order valence-corrected chi connectivity index (χ4v) is 2.89. The van der Waals surface area contributed by atoms with Gasteiger partial charge in [-0.25, -0.2) is 4.79 Å². The quantitative estimate of drug-likeness (QED) is 0.874. The van der Waals surface area contributed by atoms with Crippen LogP contribution in [0.25, 0.3) is 0 Å². The van der Waals surface area contributed by atoms with Crippen LogP contribution in [-0.2, 0) is 12.8 Å². The van der Waals surface area contributed by atoms with Gasteiger partial charge in [-0.1, -0.05) is 45.9 Å². The first kappa shape index (κ1) is 14.9. The van der Waals surface area contributed by atoms with Crippen LogP contribution in [0.4, 0.5) is 10.5 Å². The molecular weight excluding hydrogens is 248 g/mol. The van der Waals surface area contributed by atoms with E-state index in [-0.39, 0.29) is 6.03 Å². The molecule has 1 aromatic rings. The van der Waals surface area contributed by atoms with Gasteiger partial charge in [0.25, 0.3) is 0 Å². The monoisotopic (exact) mass is 274 g/mol. The average Bonchev–Trinajstić information content (AvgIpc) is 2.74. The third-order valence-corrected chi connectivity index (χ3v) is 3.59. The van der Waals surface area contributed by atoms with Crippen LogP contribution in [0.2, 0.25) is 0 Å². The molecule has 3 heteroatoms. The molecule has 1 aromatic carbocycles. The molecular formula is C17H26N2O.